The van der Waals surface area contributed by atoms with Gasteiger partial charge in [-0.1, -0.05) is 42.5 Å². The second kappa shape index (κ2) is 8.51. The number of hydrogen-bond acceptors (Lipinski definition) is 4. The van der Waals surface area contributed by atoms with Crippen LogP contribution in [0.1, 0.15) is 27.2 Å². The van der Waals surface area contributed by atoms with E-state index in [1.54, 1.807) is 23.9 Å². The van der Waals surface area contributed by atoms with Gasteiger partial charge in [-0.3, -0.25) is 14.0 Å². The van der Waals surface area contributed by atoms with Crippen LogP contribution >= 0.6 is 0 Å². The molecule has 0 aliphatic carbocycles. The third-order valence-electron chi connectivity index (χ3n) is 5.83. The second-order valence-corrected chi connectivity index (χ2v) is 8.35. The number of benzene rings is 2. The molecule has 7 heteroatoms. The van der Waals surface area contributed by atoms with Crippen LogP contribution in [-0.4, -0.2) is 27.0 Å². The molecule has 5 rings (SSSR count). The summed E-state index contributed by atoms with van der Waals surface area (Å²) < 4.78 is 8.74. The van der Waals surface area contributed by atoms with Crippen molar-refractivity contribution in [2.45, 2.75) is 20.4 Å². The SMILES string of the molecule is COc1ccc(C)cc1NC(=O)c1cc2c(=O)n3cc(C)ccc3nc2n1Cc1ccccc1. The van der Waals surface area contributed by atoms with Crippen molar-refractivity contribution in [1.82, 2.24) is 14.0 Å². The maximum Gasteiger partial charge on any atom is 0.272 e. The van der Waals surface area contributed by atoms with Crippen LogP contribution in [0.15, 0.2) is 77.7 Å². The predicted molar refractivity (Wildman–Crippen MR) is 133 cm³/mol. The Morgan fingerprint density at radius 1 is 1.00 bits per heavy atom. The number of rotatable bonds is 5. The first-order valence-electron chi connectivity index (χ1n) is 11.0. The van der Waals surface area contributed by atoms with Crippen LogP contribution in [0.5, 0.6) is 5.75 Å². The molecule has 2 aromatic carbocycles. The van der Waals surface area contributed by atoms with E-state index in [-0.39, 0.29) is 11.5 Å². The van der Waals surface area contributed by atoms with Gasteiger partial charge < -0.3 is 14.6 Å². The molecule has 0 spiro atoms. The van der Waals surface area contributed by atoms with Crippen LogP contribution in [0, 0.1) is 13.8 Å². The van der Waals surface area contributed by atoms with Crippen LogP contribution in [-0.2, 0) is 6.54 Å². The van der Waals surface area contributed by atoms with Gasteiger partial charge in [0.15, 0.2) is 0 Å². The summed E-state index contributed by atoms with van der Waals surface area (Å²) in [4.78, 5) is 31.6. The fourth-order valence-electron chi connectivity index (χ4n) is 4.13. The second-order valence-electron chi connectivity index (χ2n) is 8.35. The van der Waals surface area contributed by atoms with Crippen LogP contribution in [0.3, 0.4) is 0 Å². The van der Waals surface area contributed by atoms with Crippen molar-refractivity contribution >= 4 is 28.3 Å². The van der Waals surface area contributed by atoms with Gasteiger partial charge in [0.05, 0.1) is 18.2 Å². The highest BCUT2D eigenvalue weighted by molar-refractivity contribution is 6.06. The summed E-state index contributed by atoms with van der Waals surface area (Å²) in [5.74, 6) is 0.214. The molecule has 3 heterocycles. The first-order valence-corrected chi connectivity index (χ1v) is 11.0. The number of nitrogens with one attached hydrogen (secondary N) is 1. The Morgan fingerprint density at radius 3 is 2.53 bits per heavy atom. The average molecular weight is 453 g/mol. The molecule has 1 N–H and O–H groups in total. The van der Waals surface area contributed by atoms with E-state index in [4.69, 9.17) is 9.72 Å². The molecule has 34 heavy (non-hydrogen) atoms. The number of fused-ring (bicyclic) bond motifs is 2. The minimum atomic E-state index is -0.345. The van der Waals surface area contributed by atoms with Crippen molar-refractivity contribution in [3.63, 3.8) is 0 Å². The van der Waals surface area contributed by atoms with Gasteiger partial charge in [0.1, 0.15) is 22.7 Å². The van der Waals surface area contributed by atoms with Gasteiger partial charge in [-0.05, 0) is 54.8 Å². The number of pyridine rings is 1. The van der Waals surface area contributed by atoms with Gasteiger partial charge in [0.25, 0.3) is 11.5 Å². The largest absolute Gasteiger partial charge is 0.495 e. The van der Waals surface area contributed by atoms with E-state index in [9.17, 15) is 9.59 Å². The third-order valence-corrected chi connectivity index (χ3v) is 5.83. The quantitative estimate of drug-likeness (QED) is 0.424. The Kier molecular flexibility index (Phi) is 5.37. The lowest BCUT2D eigenvalue weighted by molar-refractivity contribution is 0.101. The zero-order valence-corrected chi connectivity index (χ0v) is 19.2. The van der Waals surface area contributed by atoms with Crippen molar-refractivity contribution in [3.05, 3.63) is 106 Å². The summed E-state index contributed by atoms with van der Waals surface area (Å²) in [7, 11) is 1.56. The Balaban J connectivity index is 1.69. The fourth-order valence-corrected chi connectivity index (χ4v) is 4.13. The molecule has 0 unspecified atom stereocenters. The van der Waals surface area contributed by atoms with Gasteiger partial charge >= 0.3 is 0 Å². The number of methoxy groups -OCH3 is 1. The zero-order valence-electron chi connectivity index (χ0n) is 19.2. The number of carbonyl (C=O) groups is 1. The first kappa shape index (κ1) is 21.5. The number of aromatic nitrogens is 3. The summed E-state index contributed by atoms with van der Waals surface area (Å²) in [5, 5.41) is 3.34. The van der Waals surface area contributed by atoms with Gasteiger partial charge in [0.2, 0.25) is 0 Å². The number of amides is 1. The van der Waals surface area contributed by atoms with E-state index < -0.39 is 0 Å². The smallest absolute Gasteiger partial charge is 0.272 e. The molecule has 0 atom stereocenters. The maximum atomic E-state index is 13.5. The molecule has 7 nitrogen and oxygen atoms in total. The molecule has 0 fully saturated rings. The highest BCUT2D eigenvalue weighted by atomic mass is 16.5. The Morgan fingerprint density at radius 2 is 1.76 bits per heavy atom. The van der Waals surface area contributed by atoms with Crippen molar-refractivity contribution in [2.24, 2.45) is 0 Å². The molecule has 0 radical (unpaired) electrons. The monoisotopic (exact) mass is 452 g/mol. The van der Waals surface area contributed by atoms with E-state index in [1.165, 1.54) is 4.40 Å². The normalized spacial score (nSPS) is 11.1. The van der Waals surface area contributed by atoms with E-state index in [1.807, 2.05) is 74.5 Å². The topological polar surface area (TPSA) is 77.6 Å². The van der Waals surface area contributed by atoms with Crippen molar-refractivity contribution in [3.8, 4) is 5.75 Å². The lowest BCUT2D eigenvalue weighted by Crippen LogP contribution is -2.18. The standard InChI is InChI=1S/C27H24N4O3/c1-17-9-11-23(34-3)21(13-17)28-26(32)22-14-20-25(30(22)16-19-7-5-4-6-8-19)29-24-12-10-18(2)15-31(24)27(20)33/h4-15H,16H2,1-3H3,(H,28,32). The highest BCUT2D eigenvalue weighted by Crippen LogP contribution is 2.27. The van der Waals surface area contributed by atoms with E-state index in [0.717, 1.165) is 16.7 Å². The Bertz CT molecular complexity index is 1600. The Labute approximate surface area is 196 Å². The minimum absolute atomic E-state index is 0.210. The molecule has 3 aromatic heterocycles. The van der Waals surface area contributed by atoms with E-state index in [0.29, 0.717) is 40.4 Å². The highest BCUT2D eigenvalue weighted by Gasteiger charge is 2.21. The predicted octanol–water partition coefficient (Wildman–Crippen LogP) is 4.58. The molecular formula is C27H24N4O3. The van der Waals surface area contributed by atoms with Gasteiger partial charge in [-0.25, -0.2) is 4.98 Å². The molecule has 0 aliphatic rings. The summed E-state index contributed by atoms with van der Waals surface area (Å²) in [5.41, 5.74) is 4.63. The minimum Gasteiger partial charge on any atom is -0.495 e. The fraction of sp³-hybridized carbons (Fsp3) is 0.148. The zero-order chi connectivity index (χ0) is 23.8. The van der Waals surface area contributed by atoms with Crippen LogP contribution < -0.4 is 15.6 Å². The number of ether oxygens (including phenoxy) is 1. The third kappa shape index (κ3) is 3.81. The summed E-state index contributed by atoms with van der Waals surface area (Å²) >= 11 is 0. The van der Waals surface area contributed by atoms with E-state index in [2.05, 4.69) is 5.32 Å². The Hall–Kier alpha value is -4.39. The molecule has 170 valence electrons. The molecular weight excluding hydrogens is 428 g/mol. The number of anilines is 1. The van der Waals surface area contributed by atoms with Crippen LogP contribution in [0.2, 0.25) is 0 Å². The van der Waals surface area contributed by atoms with E-state index >= 15 is 0 Å². The molecule has 5 aromatic rings. The maximum absolute atomic E-state index is 13.5. The first-order chi connectivity index (χ1) is 16.4. The molecule has 1 amide bonds. The average Bonchev–Trinajstić information content (AvgIpc) is 3.19. The summed E-state index contributed by atoms with van der Waals surface area (Å²) in [6.07, 6.45) is 1.76. The lowest BCUT2D eigenvalue weighted by Gasteiger charge is -2.13. The van der Waals surface area contributed by atoms with Gasteiger partial charge in [-0.15, -0.1) is 0 Å². The molecule has 0 bridgehead atoms. The number of aryl methyl sites for hydroxylation is 2. The van der Waals surface area contributed by atoms with Crippen molar-refractivity contribution < 1.29 is 9.53 Å². The summed E-state index contributed by atoms with van der Waals surface area (Å²) in [6, 6.07) is 20.7. The molecule has 0 saturated carbocycles. The number of hydrogen-bond donors (Lipinski definition) is 1. The van der Waals surface area contributed by atoms with Crippen LogP contribution in [0.25, 0.3) is 16.7 Å². The molecule has 0 aliphatic heterocycles. The van der Waals surface area contributed by atoms with Crippen LogP contribution in [0.4, 0.5) is 5.69 Å². The van der Waals surface area contributed by atoms with Gasteiger partial charge in [0, 0.05) is 12.7 Å². The number of carbonyl (C=O) groups excluding carboxylic acids is 1. The van der Waals surface area contributed by atoms with Crippen molar-refractivity contribution in [2.75, 3.05) is 12.4 Å². The lowest BCUT2D eigenvalue weighted by atomic mass is 10.2. The number of nitrogens with zero attached hydrogens (tertiary/aromatic N) is 3. The summed E-state index contributed by atoms with van der Waals surface area (Å²) in [6.45, 7) is 4.26. The van der Waals surface area contributed by atoms with Crippen molar-refractivity contribution in [1.29, 1.82) is 0 Å². The van der Waals surface area contributed by atoms with Gasteiger partial charge in [-0.2, -0.15) is 0 Å². The molecule has 0 saturated heterocycles.